The summed E-state index contributed by atoms with van der Waals surface area (Å²) < 4.78 is 1.60. The number of benzene rings is 1. The lowest BCUT2D eigenvalue weighted by Crippen LogP contribution is -2.39. The molecule has 0 aliphatic carbocycles. The maximum Gasteiger partial charge on any atom is 0.241 e. The average molecular weight is 286 g/mol. The van der Waals surface area contributed by atoms with Crippen LogP contribution in [0, 0.1) is 12.8 Å². The molecule has 1 aromatic heterocycles. The Kier molecular flexibility index (Phi) is 3.66. The van der Waals surface area contributed by atoms with Gasteiger partial charge in [0.05, 0.1) is 11.7 Å². The fourth-order valence-corrected chi connectivity index (χ4v) is 2.67. The molecule has 2 unspecified atom stereocenters. The van der Waals surface area contributed by atoms with Crippen LogP contribution in [0.15, 0.2) is 24.5 Å². The maximum absolute atomic E-state index is 12.2. The molecule has 0 saturated carbocycles. The molecule has 0 radical (unpaired) electrons. The minimum absolute atomic E-state index is 0.0228. The van der Waals surface area contributed by atoms with Crippen LogP contribution >= 0.6 is 0 Å². The highest BCUT2D eigenvalue weighted by atomic mass is 16.2. The van der Waals surface area contributed by atoms with Crippen LogP contribution in [0.2, 0.25) is 0 Å². The van der Waals surface area contributed by atoms with Gasteiger partial charge in [0.15, 0.2) is 0 Å². The normalized spacial score (nSPS) is 21.4. The van der Waals surface area contributed by atoms with Crippen molar-refractivity contribution in [2.75, 3.05) is 11.9 Å². The largest absolute Gasteiger partial charge is 0.325 e. The lowest BCUT2D eigenvalue weighted by Gasteiger charge is -2.16. The SMILES string of the molecule is Cc1cc(NC(=O)C2NCCC2C)ccc1-n1cnnn1. The first-order chi connectivity index (χ1) is 10.1. The molecule has 1 fully saturated rings. The summed E-state index contributed by atoms with van der Waals surface area (Å²) in [4.78, 5) is 12.2. The quantitative estimate of drug-likeness (QED) is 0.876. The summed E-state index contributed by atoms with van der Waals surface area (Å²) in [5.41, 5.74) is 2.67. The van der Waals surface area contributed by atoms with Crippen molar-refractivity contribution >= 4 is 11.6 Å². The first-order valence-electron chi connectivity index (χ1n) is 7.03. The fraction of sp³-hybridized carbons (Fsp3) is 0.429. The van der Waals surface area contributed by atoms with Gasteiger partial charge in [0, 0.05) is 5.69 Å². The number of aryl methyl sites for hydroxylation is 1. The molecule has 1 aliphatic heterocycles. The zero-order valence-electron chi connectivity index (χ0n) is 12.1. The summed E-state index contributed by atoms with van der Waals surface area (Å²) in [5.74, 6) is 0.390. The third kappa shape index (κ3) is 2.78. The predicted octanol–water partition coefficient (Wildman–Crippen LogP) is 0.907. The van der Waals surface area contributed by atoms with E-state index < -0.39 is 0 Å². The maximum atomic E-state index is 12.2. The Morgan fingerprint density at radius 3 is 2.95 bits per heavy atom. The van der Waals surface area contributed by atoms with Gasteiger partial charge in [-0.15, -0.1) is 5.10 Å². The van der Waals surface area contributed by atoms with Crippen LogP contribution < -0.4 is 10.6 Å². The van der Waals surface area contributed by atoms with Gasteiger partial charge in [-0.2, -0.15) is 0 Å². The first-order valence-corrected chi connectivity index (χ1v) is 7.03. The van der Waals surface area contributed by atoms with Crippen LogP contribution in [-0.2, 0) is 4.79 Å². The van der Waals surface area contributed by atoms with Gasteiger partial charge in [0.25, 0.3) is 0 Å². The molecule has 0 bridgehead atoms. The molecule has 2 N–H and O–H groups in total. The van der Waals surface area contributed by atoms with E-state index in [1.807, 2.05) is 25.1 Å². The molecule has 0 spiro atoms. The van der Waals surface area contributed by atoms with Gasteiger partial charge in [-0.05, 0) is 60.0 Å². The van der Waals surface area contributed by atoms with Gasteiger partial charge in [-0.25, -0.2) is 4.68 Å². The number of nitrogens with one attached hydrogen (secondary N) is 2. The standard InChI is InChI=1S/C14H18N6O/c1-9-5-6-15-13(9)14(21)17-11-3-4-12(10(2)7-11)20-8-16-18-19-20/h3-4,7-9,13,15H,5-6H2,1-2H3,(H,17,21). The van der Waals surface area contributed by atoms with E-state index in [0.29, 0.717) is 5.92 Å². The molecule has 3 rings (SSSR count). The van der Waals surface area contributed by atoms with Crippen LogP contribution in [0.25, 0.3) is 5.69 Å². The molecule has 7 heteroatoms. The molecule has 7 nitrogen and oxygen atoms in total. The van der Waals surface area contributed by atoms with E-state index in [-0.39, 0.29) is 11.9 Å². The molecule has 2 aromatic rings. The van der Waals surface area contributed by atoms with Crippen LogP contribution in [0.3, 0.4) is 0 Å². The Labute approximate surface area is 122 Å². The fourth-order valence-electron chi connectivity index (χ4n) is 2.67. The van der Waals surface area contributed by atoms with Crippen molar-refractivity contribution in [3.05, 3.63) is 30.1 Å². The molecular formula is C14H18N6O. The molecular weight excluding hydrogens is 268 g/mol. The molecule has 21 heavy (non-hydrogen) atoms. The third-order valence-electron chi connectivity index (χ3n) is 3.88. The Balaban J connectivity index is 1.75. The number of amides is 1. The summed E-state index contributed by atoms with van der Waals surface area (Å²) in [6.45, 7) is 4.95. The van der Waals surface area contributed by atoms with Crippen molar-refractivity contribution in [3.8, 4) is 5.69 Å². The van der Waals surface area contributed by atoms with Crippen LogP contribution in [0.1, 0.15) is 18.9 Å². The number of carbonyl (C=O) groups excluding carboxylic acids is 1. The van der Waals surface area contributed by atoms with E-state index in [1.54, 1.807) is 11.0 Å². The topological polar surface area (TPSA) is 84.7 Å². The summed E-state index contributed by atoms with van der Waals surface area (Å²) in [7, 11) is 0. The highest BCUT2D eigenvalue weighted by Crippen LogP contribution is 2.20. The Morgan fingerprint density at radius 2 is 2.33 bits per heavy atom. The summed E-state index contributed by atoms with van der Waals surface area (Å²) in [5, 5.41) is 17.3. The van der Waals surface area contributed by atoms with E-state index in [2.05, 4.69) is 33.1 Å². The van der Waals surface area contributed by atoms with Crippen LogP contribution in [0.5, 0.6) is 0 Å². The smallest absolute Gasteiger partial charge is 0.241 e. The van der Waals surface area contributed by atoms with E-state index in [9.17, 15) is 4.79 Å². The van der Waals surface area contributed by atoms with Gasteiger partial charge < -0.3 is 10.6 Å². The Bertz CT molecular complexity index is 639. The van der Waals surface area contributed by atoms with Crippen molar-refractivity contribution in [1.82, 2.24) is 25.5 Å². The highest BCUT2D eigenvalue weighted by molar-refractivity contribution is 5.95. The number of nitrogens with zero attached hydrogens (tertiary/aromatic N) is 4. The van der Waals surface area contributed by atoms with Gasteiger partial charge in [-0.3, -0.25) is 4.79 Å². The number of tetrazole rings is 1. The van der Waals surface area contributed by atoms with Crippen molar-refractivity contribution in [2.24, 2.45) is 5.92 Å². The van der Waals surface area contributed by atoms with Crippen molar-refractivity contribution in [1.29, 1.82) is 0 Å². The second-order valence-corrected chi connectivity index (χ2v) is 5.44. The summed E-state index contributed by atoms with van der Waals surface area (Å²) in [6.07, 6.45) is 2.58. The summed E-state index contributed by atoms with van der Waals surface area (Å²) in [6, 6.07) is 5.58. The van der Waals surface area contributed by atoms with Crippen molar-refractivity contribution in [3.63, 3.8) is 0 Å². The minimum atomic E-state index is -0.107. The second-order valence-electron chi connectivity index (χ2n) is 5.44. The zero-order chi connectivity index (χ0) is 14.8. The van der Waals surface area contributed by atoms with E-state index >= 15 is 0 Å². The summed E-state index contributed by atoms with van der Waals surface area (Å²) >= 11 is 0. The third-order valence-corrected chi connectivity index (χ3v) is 3.88. The molecule has 2 atom stereocenters. The van der Waals surface area contributed by atoms with Crippen molar-refractivity contribution in [2.45, 2.75) is 26.3 Å². The molecule has 1 aromatic carbocycles. The van der Waals surface area contributed by atoms with Crippen molar-refractivity contribution < 1.29 is 4.79 Å². The monoisotopic (exact) mass is 286 g/mol. The Morgan fingerprint density at radius 1 is 1.48 bits per heavy atom. The lowest BCUT2D eigenvalue weighted by molar-refractivity contribution is -0.118. The highest BCUT2D eigenvalue weighted by Gasteiger charge is 2.29. The van der Waals surface area contributed by atoms with Gasteiger partial charge in [0.2, 0.25) is 5.91 Å². The van der Waals surface area contributed by atoms with Gasteiger partial charge >= 0.3 is 0 Å². The predicted molar refractivity (Wildman–Crippen MR) is 78.1 cm³/mol. The molecule has 110 valence electrons. The van der Waals surface area contributed by atoms with Gasteiger partial charge in [0.1, 0.15) is 6.33 Å². The number of hydrogen-bond donors (Lipinski definition) is 2. The number of anilines is 1. The minimum Gasteiger partial charge on any atom is -0.325 e. The molecule has 2 heterocycles. The molecule has 1 aliphatic rings. The molecule has 1 amide bonds. The number of aromatic nitrogens is 4. The average Bonchev–Trinajstić information content (AvgIpc) is 3.10. The van der Waals surface area contributed by atoms with Crippen LogP contribution in [0.4, 0.5) is 5.69 Å². The first kappa shape index (κ1) is 13.7. The number of carbonyl (C=O) groups is 1. The van der Waals surface area contributed by atoms with E-state index in [0.717, 1.165) is 29.9 Å². The Hall–Kier alpha value is -2.28. The van der Waals surface area contributed by atoms with E-state index in [1.165, 1.54) is 0 Å². The van der Waals surface area contributed by atoms with E-state index in [4.69, 9.17) is 0 Å². The number of rotatable bonds is 3. The molecule has 1 saturated heterocycles. The number of hydrogen-bond acceptors (Lipinski definition) is 5. The van der Waals surface area contributed by atoms with Gasteiger partial charge in [-0.1, -0.05) is 6.92 Å². The lowest BCUT2D eigenvalue weighted by atomic mass is 10.0. The zero-order valence-corrected chi connectivity index (χ0v) is 12.1. The second kappa shape index (κ2) is 5.61. The van der Waals surface area contributed by atoms with Crippen LogP contribution in [-0.4, -0.2) is 38.7 Å².